The van der Waals surface area contributed by atoms with Gasteiger partial charge in [0.05, 0.1) is 0 Å². The molecule has 0 fully saturated rings. The monoisotopic (exact) mass is 315 g/mol. The van der Waals surface area contributed by atoms with E-state index in [-0.39, 0.29) is 5.56 Å². The molecule has 0 amide bonds. The summed E-state index contributed by atoms with van der Waals surface area (Å²) in [5.41, 5.74) is 1.71. The van der Waals surface area contributed by atoms with Gasteiger partial charge in [0.1, 0.15) is 0 Å². The number of hydrogen-bond acceptors (Lipinski definition) is 3. The molecular formula is C19H29N3O. The van der Waals surface area contributed by atoms with Gasteiger partial charge in [0.2, 0.25) is 0 Å². The fourth-order valence-electron chi connectivity index (χ4n) is 2.87. The minimum Gasteiger partial charge on any atom is -0.322 e. The minimum atomic E-state index is 0.00606. The zero-order valence-electron chi connectivity index (χ0n) is 14.6. The SMILES string of the molecule is CCN(CC)CCCC(C)NCc1cc2ccccc2[nH]c1=O. The molecule has 1 heterocycles. The van der Waals surface area contributed by atoms with Crippen LogP contribution in [-0.4, -0.2) is 35.6 Å². The van der Waals surface area contributed by atoms with Gasteiger partial charge in [0.25, 0.3) is 5.56 Å². The van der Waals surface area contributed by atoms with Crippen LogP contribution in [0.25, 0.3) is 10.9 Å². The van der Waals surface area contributed by atoms with E-state index >= 15 is 0 Å². The lowest BCUT2D eigenvalue weighted by atomic mass is 10.1. The molecule has 1 aromatic carbocycles. The van der Waals surface area contributed by atoms with Crippen molar-refractivity contribution in [1.82, 2.24) is 15.2 Å². The summed E-state index contributed by atoms with van der Waals surface area (Å²) in [5.74, 6) is 0. The molecule has 23 heavy (non-hydrogen) atoms. The molecule has 0 aliphatic heterocycles. The number of aromatic amines is 1. The number of rotatable bonds is 9. The molecule has 2 N–H and O–H groups in total. The molecule has 2 aromatic rings. The van der Waals surface area contributed by atoms with Gasteiger partial charge in [0.15, 0.2) is 0 Å². The van der Waals surface area contributed by atoms with E-state index in [9.17, 15) is 4.79 Å². The molecule has 0 radical (unpaired) electrons. The van der Waals surface area contributed by atoms with Crippen molar-refractivity contribution in [2.75, 3.05) is 19.6 Å². The van der Waals surface area contributed by atoms with Gasteiger partial charge in [-0.3, -0.25) is 4.79 Å². The predicted molar refractivity (Wildman–Crippen MR) is 97.9 cm³/mol. The molecule has 0 spiro atoms. The van der Waals surface area contributed by atoms with Gasteiger partial charge in [-0.25, -0.2) is 0 Å². The Labute approximate surface area is 138 Å². The third-order valence-electron chi connectivity index (χ3n) is 4.48. The van der Waals surface area contributed by atoms with Crippen LogP contribution in [0.15, 0.2) is 35.1 Å². The van der Waals surface area contributed by atoms with Crippen LogP contribution in [0.4, 0.5) is 0 Å². The second kappa shape index (κ2) is 8.85. The van der Waals surface area contributed by atoms with Gasteiger partial charge in [0, 0.05) is 23.7 Å². The lowest BCUT2D eigenvalue weighted by Gasteiger charge is -2.19. The number of aromatic nitrogens is 1. The van der Waals surface area contributed by atoms with Crippen molar-refractivity contribution in [2.45, 2.75) is 46.2 Å². The largest absolute Gasteiger partial charge is 0.322 e. The Balaban J connectivity index is 1.85. The fraction of sp³-hybridized carbons (Fsp3) is 0.526. The molecule has 0 saturated carbocycles. The summed E-state index contributed by atoms with van der Waals surface area (Å²) >= 11 is 0. The van der Waals surface area contributed by atoms with Crippen molar-refractivity contribution in [1.29, 1.82) is 0 Å². The summed E-state index contributed by atoms with van der Waals surface area (Å²) in [5, 5.41) is 4.56. The first-order valence-electron chi connectivity index (χ1n) is 8.70. The number of fused-ring (bicyclic) bond motifs is 1. The van der Waals surface area contributed by atoms with Crippen LogP contribution in [-0.2, 0) is 6.54 Å². The Morgan fingerprint density at radius 3 is 2.70 bits per heavy atom. The van der Waals surface area contributed by atoms with E-state index in [1.54, 1.807) is 0 Å². The summed E-state index contributed by atoms with van der Waals surface area (Å²) < 4.78 is 0. The molecule has 126 valence electrons. The average molecular weight is 315 g/mol. The van der Waals surface area contributed by atoms with E-state index in [0.717, 1.165) is 42.5 Å². The van der Waals surface area contributed by atoms with Crippen LogP contribution in [0, 0.1) is 0 Å². The van der Waals surface area contributed by atoms with E-state index in [2.05, 4.69) is 36.0 Å². The standard InChI is InChI=1S/C19H29N3O/c1-4-22(5-2)12-8-9-15(3)20-14-17-13-16-10-6-7-11-18(16)21-19(17)23/h6-7,10-11,13,15,20H,4-5,8-9,12,14H2,1-3H3,(H,21,23). The number of nitrogens with one attached hydrogen (secondary N) is 2. The van der Waals surface area contributed by atoms with Crippen LogP contribution >= 0.6 is 0 Å². The average Bonchev–Trinajstić information content (AvgIpc) is 2.57. The van der Waals surface area contributed by atoms with Gasteiger partial charge in [-0.1, -0.05) is 32.0 Å². The van der Waals surface area contributed by atoms with E-state index in [1.807, 2.05) is 30.3 Å². The summed E-state index contributed by atoms with van der Waals surface area (Å²) in [6.45, 7) is 10.6. The number of pyridine rings is 1. The third kappa shape index (κ3) is 5.19. The number of H-pyrrole nitrogens is 1. The third-order valence-corrected chi connectivity index (χ3v) is 4.48. The van der Waals surface area contributed by atoms with Crippen LogP contribution in [0.1, 0.15) is 39.2 Å². The maximum atomic E-state index is 12.1. The number of nitrogens with zero attached hydrogens (tertiary/aromatic N) is 1. The van der Waals surface area contributed by atoms with Crippen molar-refractivity contribution in [3.63, 3.8) is 0 Å². The Morgan fingerprint density at radius 2 is 1.96 bits per heavy atom. The summed E-state index contributed by atoms with van der Waals surface area (Å²) in [6, 6.07) is 10.3. The topological polar surface area (TPSA) is 48.1 Å². The Hall–Kier alpha value is -1.65. The van der Waals surface area contributed by atoms with Crippen LogP contribution in [0.2, 0.25) is 0 Å². The fourth-order valence-corrected chi connectivity index (χ4v) is 2.87. The van der Waals surface area contributed by atoms with Gasteiger partial charge < -0.3 is 15.2 Å². The van der Waals surface area contributed by atoms with Crippen LogP contribution < -0.4 is 10.9 Å². The van der Waals surface area contributed by atoms with Crippen LogP contribution in [0.5, 0.6) is 0 Å². The minimum absolute atomic E-state index is 0.00606. The van der Waals surface area contributed by atoms with Gasteiger partial charge >= 0.3 is 0 Å². The molecule has 1 aromatic heterocycles. The van der Waals surface area contributed by atoms with Gasteiger partial charge in [-0.15, -0.1) is 0 Å². The quantitative estimate of drug-likeness (QED) is 0.747. The first kappa shape index (κ1) is 17.7. The normalized spacial score (nSPS) is 12.9. The molecule has 1 atom stereocenters. The summed E-state index contributed by atoms with van der Waals surface area (Å²) in [4.78, 5) is 17.5. The highest BCUT2D eigenvalue weighted by Gasteiger charge is 2.07. The zero-order valence-corrected chi connectivity index (χ0v) is 14.6. The molecule has 0 saturated heterocycles. The van der Waals surface area contributed by atoms with Gasteiger partial charge in [-0.2, -0.15) is 0 Å². The number of hydrogen-bond donors (Lipinski definition) is 2. The number of benzene rings is 1. The highest BCUT2D eigenvalue weighted by atomic mass is 16.1. The predicted octanol–water partition coefficient (Wildman–Crippen LogP) is 3.13. The van der Waals surface area contributed by atoms with E-state index < -0.39 is 0 Å². The highest BCUT2D eigenvalue weighted by Crippen LogP contribution is 2.10. The lowest BCUT2D eigenvalue weighted by molar-refractivity contribution is 0.290. The smallest absolute Gasteiger partial charge is 0.252 e. The second-order valence-corrected chi connectivity index (χ2v) is 6.16. The molecule has 0 aliphatic carbocycles. The first-order chi connectivity index (χ1) is 11.1. The lowest BCUT2D eigenvalue weighted by Crippen LogP contribution is -2.30. The van der Waals surface area contributed by atoms with Crippen molar-refractivity contribution in [3.8, 4) is 0 Å². The van der Waals surface area contributed by atoms with Crippen molar-refractivity contribution < 1.29 is 0 Å². The second-order valence-electron chi connectivity index (χ2n) is 6.16. The molecule has 1 unspecified atom stereocenters. The van der Waals surface area contributed by atoms with Gasteiger partial charge in [-0.05, 0) is 56.9 Å². The van der Waals surface area contributed by atoms with E-state index in [0.29, 0.717) is 12.6 Å². The van der Waals surface area contributed by atoms with E-state index in [4.69, 9.17) is 0 Å². The molecule has 4 nitrogen and oxygen atoms in total. The maximum absolute atomic E-state index is 12.1. The molecule has 0 bridgehead atoms. The zero-order chi connectivity index (χ0) is 16.7. The molecule has 4 heteroatoms. The van der Waals surface area contributed by atoms with Crippen molar-refractivity contribution in [3.05, 3.63) is 46.2 Å². The Bertz CT molecular complexity index is 661. The van der Waals surface area contributed by atoms with Crippen molar-refractivity contribution in [2.24, 2.45) is 0 Å². The molecule has 0 aliphatic rings. The summed E-state index contributed by atoms with van der Waals surface area (Å²) in [6.07, 6.45) is 2.31. The Morgan fingerprint density at radius 1 is 1.22 bits per heavy atom. The van der Waals surface area contributed by atoms with E-state index in [1.165, 1.54) is 6.42 Å². The summed E-state index contributed by atoms with van der Waals surface area (Å²) in [7, 11) is 0. The molecule has 2 rings (SSSR count). The van der Waals surface area contributed by atoms with Crippen molar-refractivity contribution >= 4 is 10.9 Å². The number of para-hydroxylation sites is 1. The maximum Gasteiger partial charge on any atom is 0.252 e. The van der Waals surface area contributed by atoms with Crippen LogP contribution in [0.3, 0.4) is 0 Å². The first-order valence-corrected chi connectivity index (χ1v) is 8.70. The Kier molecular flexibility index (Phi) is 6.81. The molecular weight excluding hydrogens is 286 g/mol. The highest BCUT2D eigenvalue weighted by molar-refractivity contribution is 5.78.